The fraction of sp³-hybridized carbons (Fsp3) is 0.345. The maximum absolute atomic E-state index is 13.1. The Labute approximate surface area is 236 Å². The Bertz CT molecular complexity index is 1250. The number of hydrogen-bond donors (Lipinski definition) is 0. The molecule has 2 fully saturated rings. The Balaban J connectivity index is 1.52. The lowest BCUT2D eigenvalue weighted by molar-refractivity contribution is -0.136. The molecule has 200 valence electrons. The van der Waals surface area contributed by atoms with Crippen LogP contribution in [-0.2, 0) is 22.6 Å². The molecule has 2 aromatic rings. The number of carbonyl (C=O) groups excluding carboxylic acids is 3. The minimum Gasteiger partial charge on any atom is -0.493 e. The van der Waals surface area contributed by atoms with Crippen molar-refractivity contribution in [3.8, 4) is 11.5 Å². The van der Waals surface area contributed by atoms with Gasteiger partial charge in [-0.25, -0.2) is 0 Å². The second-order valence-electron chi connectivity index (χ2n) is 9.45. The zero-order chi connectivity index (χ0) is 27.2. The third-order valence-corrected chi connectivity index (χ3v) is 8.07. The van der Waals surface area contributed by atoms with Crippen LogP contribution >= 0.6 is 27.7 Å². The van der Waals surface area contributed by atoms with Gasteiger partial charge in [0.25, 0.3) is 11.1 Å². The number of carbonyl (C=O) groups is 3. The van der Waals surface area contributed by atoms with E-state index in [1.165, 1.54) is 0 Å². The molecule has 3 amide bonds. The number of allylic oxidation sites excluding steroid dienone is 1. The molecule has 0 bridgehead atoms. The van der Waals surface area contributed by atoms with Gasteiger partial charge in [-0.05, 0) is 78.4 Å². The lowest BCUT2D eigenvalue weighted by Crippen LogP contribution is -2.45. The number of ether oxygens (including phenoxy) is 2. The maximum Gasteiger partial charge on any atom is 0.294 e. The van der Waals surface area contributed by atoms with Gasteiger partial charge in [0.15, 0.2) is 11.5 Å². The van der Waals surface area contributed by atoms with Gasteiger partial charge >= 0.3 is 0 Å². The number of amides is 3. The molecule has 0 aromatic heterocycles. The molecule has 2 aliphatic heterocycles. The first-order valence-corrected chi connectivity index (χ1v) is 14.1. The third-order valence-electron chi connectivity index (χ3n) is 6.64. The summed E-state index contributed by atoms with van der Waals surface area (Å²) in [7, 11) is 1.56. The first kappa shape index (κ1) is 28.0. The van der Waals surface area contributed by atoms with Crippen molar-refractivity contribution in [1.29, 1.82) is 0 Å². The van der Waals surface area contributed by atoms with Crippen LogP contribution in [0.4, 0.5) is 4.79 Å². The monoisotopic (exact) mass is 598 g/mol. The molecular weight excluding hydrogens is 568 g/mol. The van der Waals surface area contributed by atoms with Crippen LogP contribution in [0.1, 0.15) is 36.5 Å². The molecule has 0 saturated carbocycles. The lowest BCUT2D eigenvalue weighted by atomic mass is 9.99. The van der Waals surface area contributed by atoms with Crippen molar-refractivity contribution in [2.75, 3.05) is 26.7 Å². The standard InChI is InChI=1S/C29H31BrN2O5S/c1-4-5-22-14-21(15-24(36-3)27(22)37-18-20-6-8-23(30)9-7-20)16-25-28(34)32(29(35)38-25)17-26(33)31-12-10-19(2)11-13-31/h4,6-9,14-16,19H,1,5,10-13,17-18H2,2-3H3/b25-16-. The van der Waals surface area contributed by atoms with Gasteiger partial charge in [-0.1, -0.05) is 41.1 Å². The van der Waals surface area contributed by atoms with E-state index in [0.717, 1.165) is 45.1 Å². The SMILES string of the molecule is C=CCc1cc(/C=C2\SC(=O)N(CC(=O)N3CCC(C)CC3)C2=O)cc(OC)c1OCc1ccc(Br)cc1. The zero-order valence-corrected chi connectivity index (χ0v) is 24.0. The molecule has 38 heavy (non-hydrogen) atoms. The Morgan fingerprint density at radius 2 is 1.89 bits per heavy atom. The Morgan fingerprint density at radius 1 is 1.18 bits per heavy atom. The molecule has 4 rings (SSSR count). The number of rotatable bonds is 9. The van der Waals surface area contributed by atoms with Crippen molar-refractivity contribution in [2.24, 2.45) is 5.92 Å². The predicted molar refractivity (Wildman–Crippen MR) is 153 cm³/mol. The average molecular weight is 600 g/mol. The van der Waals surface area contributed by atoms with Gasteiger partial charge in [-0.3, -0.25) is 19.3 Å². The highest BCUT2D eigenvalue weighted by Gasteiger charge is 2.37. The highest BCUT2D eigenvalue weighted by Crippen LogP contribution is 2.37. The molecule has 0 atom stereocenters. The zero-order valence-electron chi connectivity index (χ0n) is 21.6. The van der Waals surface area contributed by atoms with E-state index in [9.17, 15) is 14.4 Å². The molecule has 0 N–H and O–H groups in total. The highest BCUT2D eigenvalue weighted by molar-refractivity contribution is 9.10. The fourth-order valence-corrected chi connectivity index (χ4v) is 5.51. The molecule has 0 radical (unpaired) electrons. The summed E-state index contributed by atoms with van der Waals surface area (Å²) in [5.41, 5.74) is 2.54. The van der Waals surface area contributed by atoms with E-state index < -0.39 is 11.1 Å². The van der Waals surface area contributed by atoms with Crippen LogP contribution in [0.2, 0.25) is 0 Å². The molecule has 0 aliphatic carbocycles. The molecule has 2 aromatic carbocycles. The van der Waals surface area contributed by atoms with Gasteiger partial charge in [0.1, 0.15) is 13.2 Å². The van der Waals surface area contributed by atoms with Crippen molar-refractivity contribution in [2.45, 2.75) is 32.8 Å². The van der Waals surface area contributed by atoms with Crippen molar-refractivity contribution >= 4 is 50.8 Å². The van der Waals surface area contributed by atoms with E-state index in [1.807, 2.05) is 30.3 Å². The summed E-state index contributed by atoms with van der Waals surface area (Å²) in [4.78, 5) is 41.5. The van der Waals surface area contributed by atoms with Gasteiger partial charge in [-0.2, -0.15) is 0 Å². The summed E-state index contributed by atoms with van der Waals surface area (Å²) >= 11 is 4.28. The van der Waals surface area contributed by atoms with Crippen molar-refractivity contribution < 1.29 is 23.9 Å². The van der Waals surface area contributed by atoms with Crippen LogP contribution in [0.15, 0.2) is 58.4 Å². The van der Waals surface area contributed by atoms with Gasteiger partial charge in [0.05, 0.1) is 12.0 Å². The van der Waals surface area contributed by atoms with Crippen molar-refractivity contribution in [1.82, 2.24) is 9.80 Å². The van der Waals surface area contributed by atoms with Gasteiger partial charge < -0.3 is 14.4 Å². The average Bonchev–Trinajstić information content (AvgIpc) is 3.16. The van der Waals surface area contributed by atoms with Crippen LogP contribution in [0.3, 0.4) is 0 Å². The van der Waals surface area contributed by atoms with Crippen LogP contribution in [0, 0.1) is 5.92 Å². The molecule has 0 spiro atoms. The topological polar surface area (TPSA) is 76.2 Å². The predicted octanol–water partition coefficient (Wildman–Crippen LogP) is 6.06. The van der Waals surface area contributed by atoms with Gasteiger partial charge in [0.2, 0.25) is 5.91 Å². The van der Waals surface area contributed by atoms with Crippen LogP contribution in [0.5, 0.6) is 11.5 Å². The second kappa shape index (κ2) is 12.7. The molecular formula is C29H31BrN2O5S. The van der Waals surface area contributed by atoms with Crippen molar-refractivity contribution in [3.05, 3.63) is 75.1 Å². The minimum absolute atomic E-state index is 0.192. The normalized spacial score (nSPS) is 17.3. The molecule has 9 heteroatoms. The van der Waals surface area contributed by atoms with Gasteiger partial charge in [-0.15, -0.1) is 6.58 Å². The van der Waals surface area contributed by atoms with E-state index in [1.54, 1.807) is 30.2 Å². The molecule has 2 heterocycles. The van der Waals surface area contributed by atoms with E-state index in [0.29, 0.717) is 49.1 Å². The number of imide groups is 1. The number of hydrogen-bond acceptors (Lipinski definition) is 6. The molecule has 2 aliphatic rings. The number of nitrogens with zero attached hydrogens (tertiary/aromatic N) is 2. The number of methoxy groups -OCH3 is 1. The number of thioether (sulfide) groups is 1. The number of piperidine rings is 1. The first-order chi connectivity index (χ1) is 18.3. The summed E-state index contributed by atoms with van der Waals surface area (Å²) in [6, 6.07) is 11.5. The van der Waals surface area contributed by atoms with E-state index >= 15 is 0 Å². The summed E-state index contributed by atoms with van der Waals surface area (Å²) in [6.07, 6.45) is 5.83. The Kier molecular flexibility index (Phi) is 9.33. The largest absolute Gasteiger partial charge is 0.493 e. The first-order valence-electron chi connectivity index (χ1n) is 12.5. The van der Waals surface area contributed by atoms with Crippen molar-refractivity contribution in [3.63, 3.8) is 0 Å². The quantitative estimate of drug-likeness (QED) is 0.258. The number of likely N-dealkylation sites (tertiary alicyclic amines) is 1. The summed E-state index contributed by atoms with van der Waals surface area (Å²) < 4.78 is 12.8. The van der Waals surface area contributed by atoms with E-state index in [-0.39, 0.29) is 17.4 Å². The Morgan fingerprint density at radius 3 is 2.55 bits per heavy atom. The Hall–Kier alpha value is -3.04. The van der Waals surface area contributed by atoms with Crippen LogP contribution < -0.4 is 9.47 Å². The highest BCUT2D eigenvalue weighted by atomic mass is 79.9. The minimum atomic E-state index is -0.460. The second-order valence-corrected chi connectivity index (χ2v) is 11.4. The summed E-state index contributed by atoms with van der Waals surface area (Å²) in [5, 5.41) is -0.437. The molecule has 2 saturated heterocycles. The molecule has 0 unspecified atom stereocenters. The fourth-order valence-electron chi connectivity index (χ4n) is 4.41. The van der Waals surface area contributed by atoms with E-state index in [4.69, 9.17) is 9.47 Å². The summed E-state index contributed by atoms with van der Waals surface area (Å²) in [6.45, 7) is 7.47. The number of benzene rings is 2. The van der Waals surface area contributed by atoms with E-state index in [2.05, 4.69) is 29.4 Å². The smallest absolute Gasteiger partial charge is 0.294 e. The lowest BCUT2D eigenvalue weighted by Gasteiger charge is -2.31. The third kappa shape index (κ3) is 6.69. The number of halogens is 1. The summed E-state index contributed by atoms with van der Waals surface area (Å²) in [5.74, 6) is 1.05. The van der Waals surface area contributed by atoms with Crippen LogP contribution in [0.25, 0.3) is 6.08 Å². The molecule has 7 nitrogen and oxygen atoms in total. The maximum atomic E-state index is 13.1. The van der Waals surface area contributed by atoms with Gasteiger partial charge in [0, 0.05) is 23.1 Å². The van der Waals surface area contributed by atoms with Crippen LogP contribution in [-0.4, -0.2) is 53.6 Å².